The van der Waals surface area contributed by atoms with Gasteiger partial charge in [0.15, 0.2) is 0 Å². The van der Waals surface area contributed by atoms with Crippen molar-refractivity contribution in [2.75, 3.05) is 6.61 Å². The Labute approximate surface area is 94.0 Å². The van der Waals surface area contributed by atoms with Crippen LogP contribution in [0.15, 0.2) is 12.2 Å². The van der Waals surface area contributed by atoms with Crippen LogP contribution in [0, 0.1) is 5.92 Å². The van der Waals surface area contributed by atoms with Gasteiger partial charge in [-0.05, 0) is 20.3 Å². The van der Waals surface area contributed by atoms with E-state index in [4.69, 9.17) is 14.6 Å². The molecule has 1 saturated heterocycles. The molecule has 5 nitrogen and oxygen atoms in total. The van der Waals surface area contributed by atoms with Crippen LogP contribution >= 0.6 is 0 Å². The fourth-order valence-electron chi connectivity index (χ4n) is 1.29. The van der Waals surface area contributed by atoms with Crippen LogP contribution < -0.4 is 0 Å². The first-order valence-corrected chi connectivity index (χ1v) is 5.16. The molecule has 1 aliphatic rings. The maximum absolute atomic E-state index is 11.5. The van der Waals surface area contributed by atoms with Crippen molar-refractivity contribution < 1.29 is 24.2 Å². The van der Waals surface area contributed by atoms with E-state index in [0.717, 1.165) is 0 Å². The lowest BCUT2D eigenvalue weighted by molar-refractivity contribution is -0.148. The number of carboxylic acids is 1. The standard InChI is InChI=1S/C11H16O5/c1-6(2)16-11(14)7(3)9(10(12)13)4-8-5-15-8/h6,8-9H,3-5H2,1-2H3,(H,12,13). The van der Waals surface area contributed by atoms with Crippen molar-refractivity contribution in [3.63, 3.8) is 0 Å². The van der Waals surface area contributed by atoms with Crippen LogP contribution in [-0.2, 0) is 19.1 Å². The predicted molar refractivity (Wildman–Crippen MR) is 55.9 cm³/mol. The fraction of sp³-hybridized carbons (Fsp3) is 0.636. The molecular weight excluding hydrogens is 212 g/mol. The summed E-state index contributed by atoms with van der Waals surface area (Å²) in [7, 11) is 0. The molecule has 1 fully saturated rings. The van der Waals surface area contributed by atoms with Crippen molar-refractivity contribution in [2.24, 2.45) is 5.92 Å². The van der Waals surface area contributed by atoms with Gasteiger partial charge in [-0.2, -0.15) is 0 Å². The van der Waals surface area contributed by atoms with E-state index in [9.17, 15) is 9.59 Å². The molecule has 5 heteroatoms. The van der Waals surface area contributed by atoms with E-state index in [1.165, 1.54) is 0 Å². The van der Waals surface area contributed by atoms with Gasteiger partial charge < -0.3 is 14.6 Å². The second kappa shape index (κ2) is 5.12. The van der Waals surface area contributed by atoms with Gasteiger partial charge in [-0.1, -0.05) is 6.58 Å². The monoisotopic (exact) mass is 228 g/mol. The SMILES string of the molecule is C=C(C(=O)OC(C)C)C(CC1CO1)C(=O)O. The summed E-state index contributed by atoms with van der Waals surface area (Å²) < 4.78 is 9.85. The van der Waals surface area contributed by atoms with Crippen LogP contribution in [0.3, 0.4) is 0 Å². The van der Waals surface area contributed by atoms with Crippen LogP contribution in [0.1, 0.15) is 20.3 Å². The number of epoxide rings is 1. The number of esters is 1. The Morgan fingerprint density at radius 1 is 1.56 bits per heavy atom. The predicted octanol–water partition coefficient (Wildman–Crippen LogP) is 0.984. The van der Waals surface area contributed by atoms with Crippen LogP contribution in [0.5, 0.6) is 0 Å². The maximum Gasteiger partial charge on any atom is 0.334 e. The fourth-order valence-corrected chi connectivity index (χ4v) is 1.29. The highest BCUT2D eigenvalue weighted by molar-refractivity contribution is 5.94. The number of aliphatic carboxylic acids is 1. The minimum absolute atomic E-state index is 0.0169. The average molecular weight is 228 g/mol. The Balaban J connectivity index is 2.58. The highest BCUT2D eigenvalue weighted by Gasteiger charge is 2.34. The second-order valence-corrected chi connectivity index (χ2v) is 4.06. The third-order valence-electron chi connectivity index (χ3n) is 2.22. The third-order valence-corrected chi connectivity index (χ3v) is 2.22. The van der Waals surface area contributed by atoms with Crippen molar-refractivity contribution in [3.05, 3.63) is 12.2 Å². The van der Waals surface area contributed by atoms with Gasteiger partial charge in [0.2, 0.25) is 0 Å². The van der Waals surface area contributed by atoms with Gasteiger partial charge in [-0.15, -0.1) is 0 Å². The minimum Gasteiger partial charge on any atom is -0.481 e. The summed E-state index contributed by atoms with van der Waals surface area (Å²) in [4.78, 5) is 22.4. The largest absolute Gasteiger partial charge is 0.481 e. The highest BCUT2D eigenvalue weighted by Crippen LogP contribution is 2.25. The van der Waals surface area contributed by atoms with Crippen LogP contribution in [0.25, 0.3) is 0 Å². The van der Waals surface area contributed by atoms with Gasteiger partial charge in [0.25, 0.3) is 0 Å². The number of hydrogen-bond donors (Lipinski definition) is 1. The summed E-state index contributed by atoms with van der Waals surface area (Å²) in [6.07, 6.45) is -0.0676. The molecule has 0 bridgehead atoms. The summed E-state index contributed by atoms with van der Waals surface area (Å²) in [5.41, 5.74) is -0.0169. The Kier molecular flexibility index (Phi) is 4.06. The second-order valence-electron chi connectivity index (χ2n) is 4.06. The molecule has 0 radical (unpaired) electrons. The minimum atomic E-state index is -1.07. The molecule has 2 unspecified atom stereocenters. The van der Waals surface area contributed by atoms with E-state index < -0.39 is 17.9 Å². The molecule has 1 heterocycles. The number of rotatable bonds is 6. The van der Waals surface area contributed by atoms with Crippen LogP contribution in [0.2, 0.25) is 0 Å². The average Bonchev–Trinajstić information content (AvgIpc) is 2.95. The molecule has 1 aliphatic heterocycles. The van der Waals surface area contributed by atoms with Crippen LogP contribution in [-0.4, -0.2) is 35.9 Å². The van der Waals surface area contributed by atoms with Gasteiger partial charge in [-0.25, -0.2) is 4.79 Å². The van der Waals surface area contributed by atoms with Crippen LogP contribution in [0.4, 0.5) is 0 Å². The smallest absolute Gasteiger partial charge is 0.334 e. The van der Waals surface area contributed by atoms with Crippen molar-refractivity contribution in [1.82, 2.24) is 0 Å². The van der Waals surface area contributed by atoms with Gasteiger partial charge in [0.05, 0.1) is 24.7 Å². The number of carbonyl (C=O) groups excluding carboxylic acids is 1. The normalized spacial score (nSPS) is 20.3. The van der Waals surface area contributed by atoms with Crippen molar-refractivity contribution in [2.45, 2.75) is 32.5 Å². The Morgan fingerprint density at radius 3 is 2.50 bits per heavy atom. The lowest BCUT2D eigenvalue weighted by Gasteiger charge is -2.15. The molecule has 0 aromatic heterocycles. The molecular formula is C11H16O5. The lowest BCUT2D eigenvalue weighted by Crippen LogP contribution is -2.25. The molecule has 16 heavy (non-hydrogen) atoms. The van der Waals surface area contributed by atoms with E-state index in [1.807, 2.05) is 0 Å². The lowest BCUT2D eigenvalue weighted by atomic mass is 9.95. The van der Waals surface area contributed by atoms with Crippen molar-refractivity contribution in [1.29, 1.82) is 0 Å². The maximum atomic E-state index is 11.5. The first kappa shape index (κ1) is 12.7. The third kappa shape index (κ3) is 3.66. The molecule has 1 N–H and O–H groups in total. The summed E-state index contributed by atoms with van der Waals surface area (Å²) in [5, 5.41) is 8.98. The number of hydrogen-bond acceptors (Lipinski definition) is 4. The van der Waals surface area contributed by atoms with E-state index >= 15 is 0 Å². The zero-order valence-electron chi connectivity index (χ0n) is 9.43. The highest BCUT2D eigenvalue weighted by atomic mass is 16.6. The molecule has 0 spiro atoms. The first-order valence-electron chi connectivity index (χ1n) is 5.16. The van der Waals surface area contributed by atoms with E-state index in [0.29, 0.717) is 6.61 Å². The van der Waals surface area contributed by atoms with E-state index in [-0.39, 0.29) is 24.2 Å². The Bertz CT molecular complexity index is 303. The molecule has 0 amide bonds. The zero-order chi connectivity index (χ0) is 12.3. The molecule has 0 saturated carbocycles. The molecule has 0 aliphatic carbocycles. The summed E-state index contributed by atoms with van der Waals surface area (Å²) in [6, 6.07) is 0. The molecule has 2 atom stereocenters. The zero-order valence-corrected chi connectivity index (χ0v) is 9.43. The summed E-state index contributed by atoms with van der Waals surface area (Å²) in [6.45, 7) is 7.45. The van der Waals surface area contributed by atoms with E-state index in [1.54, 1.807) is 13.8 Å². The molecule has 0 aromatic rings. The molecule has 1 rings (SSSR count). The summed E-state index contributed by atoms with van der Waals surface area (Å²) in [5.74, 6) is -2.64. The van der Waals surface area contributed by atoms with Gasteiger partial charge >= 0.3 is 11.9 Å². The van der Waals surface area contributed by atoms with Crippen molar-refractivity contribution >= 4 is 11.9 Å². The quantitative estimate of drug-likeness (QED) is 0.416. The number of carbonyl (C=O) groups is 2. The number of ether oxygens (including phenoxy) is 2. The van der Waals surface area contributed by atoms with Crippen molar-refractivity contribution in [3.8, 4) is 0 Å². The van der Waals surface area contributed by atoms with Gasteiger partial charge in [0.1, 0.15) is 0 Å². The van der Waals surface area contributed by atoms with Gasteiger partial charge in [0, 0.05) is 5.57 Å². The molecule has 90 valence electrons. The first-order chi connectivity index (χ1) is 7.41. The Hall–Kier alpha value is -1.36. The molecule has 0 aromatic carbocycles. The summed E-state index contributed by atoms with van der Waals surface area (Å²) >= 11 is 0. The Morgan fingerprint density at radius 2 is 2.12 bits per heavy atom. The van der Waals surface area contributed by atoms with Gasteiger partial charge in [-0.3, -0.25) is 4.79 Å². The number of carboxylic acid groups (broad SMARTS) is 1. The van der Waals surface area contributed by atoms with E-state index in [2.05, 4.69) is 6.58 Å². The topological polar surface area (TPSA) is 76.1 Å².